The summed E-state index contributed by atoms with van der Waals surface area (Å²) >= 11 is 0. The van der Waals surface area contributed by atoms with Crippen molar-refractivity contribution in [3.05, 3.63) is 12.4 Å². The summed E-state index contributed by atoms with van der Waals surface area (Å²) < 4.78 is 5.14. The average Bonchev–Trinajstić information content (AvgIpc) is 2.36. The molecule has 0 spiro atoms. The summed E-state index contributed by atoms with van der Waals surface area (Å²) in [6.07, 6.45) is 3.64. The lowest BCUT2D eigenvalue weighted by Crippen LogP contribution is -2.24. The molecule has 0 radical (unpaired) electrons. The molecule has 0 fully saturated rings. The molecule has 0 aliphatic rings. The Morgan fingerprint density at radius 2 is 2.06 bits per heavy atom. The number of aromatic nitrogens is 2. The predicted molar refractivity (Wildman–Crippen MR) is 70.4 cm³/mol. The van der Waals surface area contributed by atoms with Crippen molar-refractivity contribution >= 4 is 11.6 Å². The Bertz CT molecular complexity index is 319. The topological polar surface area (TPSA) is 59.1 Å². The minimum Gasteiger partial charge on any atom is -0.383 e. The Morgan fingerprint density at radius 1 is 1.29 bits per heavy atom. The van der Waals surface area contributed by atoms with Gasteiger partial charge < -0.3 is 15.4 Å². The van der Waals surface area contributed by atoms with Gasteiger partial charge in [0.05, 0.1) is 12.6 Å². The van der Waals surface area contributed by atoms with Crippen LogP contribution in [0.15, 0.2) is 12.4 Å². The Morgan fingerprint density at radius 3 is 2.71 bits per heavy atom. The summed E-state index contributed by atoms with van der Waals surface area (Å²) in [6.45, 7) is 5.84. The molecule has 0 amide bonds. The third-order valence-electron chi connectivity index (χ3n) is 2.44. The molecule has 1 rings (SSSR count). The third-order valence-corrected chi connectivity index (χ3v) is 2.44. The largest absolute Gasteiger partial charge is 0.383 e. The molecule has 1 aromatic rings. The molecule has 0 aliphatic carbocycles. The van der Waals surface area contributed by atoms with E-state index in [0.29, 0.717) is 6.61 Å². The fraction of sp³-hybridized carbons (Fsp3) is 0.667. The Labute approximate surface area is 103 Å². The van der Waals surface area contributed by atoms with Gasteiger partial charge in [0.1, 0.15) is 18.0 Å². The van der Waals surface area contributed by atoms with Crippen LogP contribution in [0.5, 0.6) is 0 Å². The predicted octanol–water partition coefficient (Wildman–Crippen LogP) is 2.14. The first kappa shape index (κ1) is 13.7. The van der Waals surface area contributed by atoms with Crippen molar-refractivity contribution in [1.29, 1.82) is 0 Å². The zero-order chi connectivity index (χ0) is 12.5. The Kier molecular flexibility index (Phi) is 6.32. The average molecular weight is 238 g/mol. The van der Waals surface area contributed by atoms with Crippen LogP contribution in [0.1, 0.15) is 26.7 Å². The molecule has 2 N–H and O–H groups in total. The summed E-state index contributed by atoms with van der Waals surface area (Å²) in [5.74, 6) is 1.69. The number of methoxy groups -OCH3 is 1. The highest BCUT2D eigenvalue weighted by molar-refractivity contribution is 5.46. The summed E-state index contributed by atoms with van der Waals surface area (Å²) in [5, 5.41) is 6.57. The number of nitrogens with one attached hydrogen (secondary N) is 2. The van der Waals surface area contributed by atoms with E-state index in [-0.39, 0.29) is 6.04 Å². The minimum absolute atomic E-state index is 0.286. The zero-order valence-corrected chi connectivity index (χ0v) is 10.9. The number of rotatable bonds is 8. The summed E-state index contributed by atoms with van der Waals surface area (Å²) in [4.78, 5) is 8.36. The molecule has 96 valence electrons. The van der Waals surface area contributed by atoms with Crippen molar-refractivity contribution in [2.45, 2.75) is 32.7 Å². The van der Waals surface area contributed by atoms with Gasteiger partial charge in [0.25, 0.3) is 0 Å². The van der Waals surface area contributed by atoms with Crippen LogP contribution in [0.4, 0.5) is 11.6 Å². The van der Waals surface area contributed by atoms with Gasteiger partial charge in [-0.2, -0.15) is 0 Å². The normalized spacial score (nSPS) is 12.2. The van der Waals surface area contributed by atoms with Crippen LogP contribution >= 0.6 is 0 Å². The smallest absolute Gasteiger partial charge is 0.131 e. The van der Waals surface area contributed by atoms with Crippen LogP contribution in [0.2, 0.25) is 0 Å². The highest BCUT2D eigenvalue weighted by atomic mass is 16.5. The van der Waals surface area contributed by atoms with E-state index in [0.717, 1.165) is 31.0 Å². The maximum absolute atomic E-state index is 5.14. The number of ether oxygens (including phenoxy) is 1. The van der Waals surface area contributed by atoms with E-state index >= 15 is 0 Å². The van der Waals surface area contributed by atoms with E-state index in [1.807, 2.05) is 6.07 Å². The van der Waals surface area contributed by atoms with E-state index in [9.17, 15) is 0 Å². The van der Waals surface area contributed by atoms with Crippen LogP contribution < -0.4 is 10.6 Å². The summed E-state index contributed by atoms with van der Waals surface area (Å²) in [7, 11) is 1.71. The van der Waals surface area contributed by atoms with Crippen LogP contribution in [-0.4, -0.2) is 36.3 Å². The van der Waals surface area contributed by atoms with E-state index in [4.69, 9.17) is 4.74 Å². The van der Waals surface area contributed by atoms with Crippen LogP contribution in [0.3, 0.4) is 0 Å². The van der Waals surface area contributed by atoms with Gasteiger partial charge in [0.2, 0.25) is 0 Å². The lowest BCUT2D eigenvalue weighted by Gasteiger charge is -2.16. The standard InChI is InChI=1S/C12H22N4O/c1-4-6-13-11-7-12(15-9-14-11)16-10(5-2)8-17-3/h7,9-10H,4-6,8H2,1-3H3,(H2,13,14,15,16). The molecule has 0 saturated carbocycles. The highest BCUT2D eigenvalue weighted by Crippen LogP contribution is 2.10. The summed E-state index contributed by atoms with van der Waals surface area (Å²) in [6, 6.07) is 2.21. The number of hydrogen-bond acceptors (Lipinski definition) is 5. The molecular formula is C12H22N4O. The van der Waals surface area contributed by atoms with Gasteiger partial charge in [-0.05, 0) is 12.8 Å². The molecule has 1 heterocycles. The number of hydrogen-bond donors (Lipinski definition) is 2. The molecule has 1 atom stereocenters. The first-order chi connectivity index (χ1) is 8.30. The molecule has 5 nitrogen and oxygen atoms in total. The van der Waals surface area contributed by atoms with Crippen molar-refractivity contribution in [3.8, 4) is 0 Å². The fourth-order valence-electron chi connectivity index (χ4n) is 1.46. The second-order valence-electron chi connectivity index (χ2n) is 3.92. The molecule has 1 aromatic heterocycles. The Balaban J connectivity index is 2.57. The zero-order valence-electron chi connectivity index (χ0n) is 10.9. The maximum Gasteiger partial charge on any atom is 0.131 e. The van der Waals surface area contributed by atoms with Gasteiger partial charge in [0.15, 0.2) is 0 Å². The van der Waals surface area contributed by atoms with Gasteiger partial charge in [-0.25, -0.2) is 9.97 Å². The lowest BCUT2D eigenvalue weighted by molar-refractivity contribution is 0.184. The van der Waals surface area contributed by atoms with Gasteiger partial charge >= 0.3 is 0 Å². The van der Waals surface area contributed by atoms with Crippen LogP contribution in [0.25, 0.3) is 0 Å². The van der Waals surface area contributed by atoms with Gasteiger partial charge in [-0.3, -0.25) is 0 Å². The first-order valence-electron chi connectivity index (χ1n) is 6.11. The summed E-state index contributed by atoms with van der Waals surface area (Å²) in [5.41, 5.74) is 0. The van der Waals surface area contributed by atoms with Crippen molar-refractivity contribution in [1.82, 2.24) is 9.97 Å². The molecule has 0 aromatic carbocycles. The molecule has 17 heavy (non-hydrogen) atoms. The minimum atomic E-state index is 0.286. The van der Waals surface area contributed by atoms with Crippen LogP contribution in [0, 0.1) is 0 Å². The van der Waals surface area contributed by atoms with E-state index in [2.05, 4.69) is 34.4 Å². The SMILES string of the molecule is CCCNc1cc(NC(CC)COC)ncn1. The van der Waals surface area contributed by atoms with Crippen molar-refractivity contribution in [2.75, 3.05) is 30.9 Å². The van der Waals surface area contributed by atoms with Gasteiger partial charge in [-0.1, -0.05) is 13.8 Å². The monoisotopic (exact) mass is 238 g/mol. The fourth-order valence-corrected chi connectivity index (χ4v) is 1.46. The van der Waals surface area contributed by atoms with Gasteiger partial charge in [0, 0.05) is 19.7 Å². The highest BCUT2D eigenvalue weighted by Gasteiger charge is 2.06. The molecular weight excluding hydrogens is 216 g/mol. The van der Waals surface area contributed by atoms with Crippen LogP contribution in [-0.2, 0) is 4.74 Å². The number of nitrogens with zero attached hydrogens (tertiary/aromatic N) is 2. The third kappa shape index (κ3) is 4.99. The quantitative estimate of drug-likeness (QED) is 0.726. The molecule has 0 bridgehead atoms. The first-order valence-corrected chi connectivity index (χ1v) is 6.11. The molecule has 0 saturated heterocycles. The molecule has 0 aliphatic heterocycles. The van der Waals surface area contributed by atoms with Crippen molar-refractivity contribution in [2.24, 2.45) is 0 Å². The van der Waals surface area contributed by atoms with Crippen molar-refractivity contribution < 1.29 is 4.74 Å². The second kappa shape index (κ2) is 7.84. The lowest BCUT2D eigenvalue weighted by atomic mass is 10.2. The van der Waals surface area contributed by atoms with Gasteiger partial charge in [-0.15, -0.1) is 0 Å². The molecule has 5 heteroatoms. The van der Waals surface area contributed by atoms with E-state index in [1.54, 1.807) is 13.4 Å². The molecule has 1 unspecified atom stereocenters. The van der Waals surface area contributed by atoms with E-state index in [1.165, 1.54) is 0 Å². The second-order valence-corrected chi connectivity index (χ2v) is 3.92. The number of anilines is 2. The Hall–Kier alpha value is -1.36. The van der Waals surface area contributed by atoms with Crippen molar-refractivity contribution in [3.63, 3.8) is 0 Å². The van der Waals surface area contributed by atoms with E-state index < -0.39 is 0 Å². The maximum atomic E-state index is 5.14.